The van der Waals surface area contributed by atoms with E-state index < -0.39 is 22.6 Å². The maximum absolute atomic E-state index is 12.3. The molecule has 2 amide bonds. The van der Waals surface area contributed by atoms with Gasteiger partial charge < -0.3 is 19.4 Å². The van der Waals surface area contributed by atoms with E-state index in [4.69, 9.17) is 20.8 Å². The number of amides is 2. The predicted octanol–water partition coefficient (Wildman–Crippen LogP) is 2.56. The lowest BCUT2D eigenvalue weighted by atomic mass is 9.98. The van der Waals surface area contributed by atoms with E-state index in [1.807, 2.05) is 0 Å². The zero-order chi connectivity index (χ0) is 18.8. The van der Waals surface area contributed by atoms with Gasteiger partial charge in [0.1, 0.15) is 10.7 Å². The second kappa shape index (κ2) is 7.04. The van der Waals surface area contributed by atoms with Crippen LogP contribution in [-0.4, -0.2) is 41.8 Å². The molecule has 9 nitrogen and oxygen atoms in total. The summed E-state index contributed by atoms with van der Waals surface area (Å²) in [7, 11) is 1.48. The zero-order valence-corrected chi connectivity index (χ0v) is 14.4. The molecule has 0 unspecified atom stereocenters. The second-order valence-corrected chi connectivity index (χ2v) is 6.07. The summed E-state index contributed by atoms with van der Waals surface area (Å²) >= 11 is 5.92. The Morgan fingerprint density at radius 2 is 2.08 bits per heavy atom. The number of rotatable bonds is 5. The van der Waals surface area contributed by atoms with Crippen LogP contribution < -0.4 is 10.1 Å². The first-order chi connectivity index (χ1) is 12.4. The number of hydrogen-bond donors (Lipinski definition) is 1. The van der Waals surface area contributed by atoms with Gasteiger partial charge in [0, 0.05) is 18.1 Å². The summed E-state index contributed by atoms with van der Waals surface area (Å²) in [6, 6.07) is 7.20. The third-order valence-corrected chi connectivity index (χ3v) is 4.18. The highest BCUT2D eigenvalue weighted by Gasteiger charge is 2.37. The minimum absolute atomic E-state index is 0.132. The van der Waals surface area contributed by atoms with E-state index in [0.717, 1.165) is 6.07 Å². The number of halogens is 1. The van der Waals surface area contributed by atoms with Gasteiger partial charge in [-0.15, -0.1) is 0 Å². The molecule has 0 aliphatic carbocycles. The van der Waals surface area contributed by atoms with Crippen LogP contribution in [0.1, 0.15) is 10.6 Å². The Kier molecular flexibility index (Phi) is 4.81. The first-order valence-electron chi connectivity index (χ1n) is 7.57. The fraction of sp³-hybridized carbons (Fsp3) is 0.250. The molecule has 0 radical (unpaired) electrons. The molecule has 26 heavy (non-hydrogen) atoms. The average Bonchev–Trinajstić information content (AvgIpc) is 3.04. The van der Waals surface area contributed by atoms with Gasteiger partial charge in [0.05, 0.1) is 24.8 Å². The van der Waals surface area contributed by atoms with Crippen LogP contribution >= 0.6 is 11.6 Å². The molecule has 1 saturated heterocycles. The van der Waals surface area contributed by atoms with Crippen LogP contribution in [0.25, 0.3) is 0 Å². The van der Waals surface area contributed by atoms with Crippen LogP contribution in [0.2, 0.25) is 5.02 Å². The maximum atomic E-state index is 12.3. The van der Waals surface area contributed by atoms with Crippen molar-refractivity contribution in [3.05, 3.63) is 51.2 Å². The highest BCUT2D eigenvalue weighted by Crippen LogP contribution is 2.29. The standard InChI is InChI=1S/C16H14ClN3O6/c1-25-12-3-2-10(17)6-11(12)18-15(21)9-7-19(8-9)16(22)13-4-5-14(26-13)20(23)24/h2-6,9H,7-8H2,1H3,(H,18,21). The third-order valence-electron chi connectivity index (χ3n) is 3.94. The number of carbonyl (C=O) groups is 2. The molecule has 1 aromatic carbocycles. The summed E-state index contributed by atoms with van der Waals surface area (Å²) < 4.78 is 10.0. The molecule has 2 heterocycles. The number of carbonyl (C=O) groups excluding carboxylic acids is 2. The summed E-state index contributed by atoms with van der Waals surface area (Å²) in [6.07, 6.45) is 0. The SMILES string of the molecule is COc1ccc(Cl)cc1NC(=O)C1CN(C(=O)c2ccc([N+](=O)[O-])o2)C1. The highest BCUT2D eigenvalue weighted by atomic mass is 35.5. The molecule has 1 aromatic heterocycles. The molecule has 1 fully saturated rings. The van der Waals surface area contributed by atoms with Crippen LogP contribution in [-0.2, 0) is 4.79 Å². The van der Waals surface area contributed by atoms with E-state index in [0.29, 0.717) is 16.5 Å². The Bertz CT molecular complexity index is 875. The number of benzene rings is 1. The summed E-state index contributed by atoms with van der Waals surface area (Å²) in [5.74, 6) is -1.35. The van der Waals surface area contributed by atoms with Crippen molar-refractivity contribution in [1.29, 1.82) is 0 Å². The van der Waals surface area contributed by atoms with Gasteiger partial charge in [0.2, 0.25) is 5.91 Å². The highest BCUT2D eigenvalue weighted by molar-refractivity contribution is 6.31. The first-order valence-corrected chi connectivity index (χ1v) is 7.94. The summed E-state index contributed by atoms with van der Waals surface area (Å²) in [5.41, 5.74) is 0.441. The minimum Gasteiger partial charge on any atom is -0.495 e. The average molecular weight is 380 g/mol. The number of furan rings is 1. The van der Waals surface area contributed by atoms with E-state index in [1.165, 1.54) is 18.1 Å². The lowest BCUT2D eigenvalue weighted by Gasteiger charge is -2.37. The molecule has 3 rings (SSSR count). The van der Waals surface area contributed by atoms with Crippen LogP contribution in [0.15, 0.2) is 34.7 Å². The van der Waals surface area contributed by atoms with Crippen molar-refractivity contribution in [3.63, 3.8) is 0 Å². The van der Waals surface area contributed by atoms with Gasteiger partial charge >= 0.3 is 5.88 Å². The monoisotopic (exact) mass is 379 g/mol. The number of likely N-dealkylation sites (tertiary alicyclic amines) is 1. The molecule has 0 atom stereocenters. The van der Waals surface area contributed by atoms with Crippen molar-refractivity contribution in [2.45, 2.75) is 0 Å². The van der Waals surface area contributed by atoms with Crippen molar-refractivity contribution < 1.29 is 23.7 Å². The largest absolute Gasteiger partial charge is 0.495 e. The van der Waals surface area contributed by atoms with Gasteiger partial charge in [-0.25, -0.2) is 0 Å². The molecule has 2 aromatic rings. The molecular formula is C16H14ClN3O6. The fourth-order valence-electron chi connectivity index (χ4n) is 2.52. The zero-order valence-electron chi connectivity index (χ0n) is 13.6. The van der Waals surface area contributed by atoms with Crippen LogP contribution in [0.5, 0.6) is 5.75 Å². The van der Waals surface area contributed by atoms with E-state index in [-0.39, 0.29) is 24.8 Å². The summed E-state index contributed by atoms with van der Waals surface area (Å²) in [5, 5.41) is 13.8. The summed E-state index contributed by atoms with van der Waals surface area (Å²) in [4.78, 5) is 35.7. The van der Waals surface area contributed by atoms with Crippen molar-refractivity contribution in [3.8, 4) is 5.75 Å². The second-order valence-electron chi connectivity index (χ2n) is 5.64. The Morgan fingerprint density at radius 1 is 1.35 bits per heavy atom. The van der Waals surface area contributed by atoms with Crippen LogP contribution in [0.3, 0.4) is 0 Å². The molecule has 1 aliphatic rings. The van der Waals surface area contributed by atoms with Gasteiger partial charge in [-0.2, -0.15) is 0 Å². The molecule has 0 bridgehead atoms. The van der Waals surface area contributed by atoms with Crippen LogP contribution in [0, 0.1) is 16.0 Å². The fourth-order valence-corrected chi connectivity index (χ4v) is 2.69. The quantitative estimate of drug-likeness (QED) is 0.630. The molecule has 136 valence electrons. The third kappa shape index (κ3) is 3.47. The molecule has 10 heteroatoms. The molecular weight excluding hydrogens is 366 g/mol. The van der Waals surface area contributed by atoms with Gasteiger partial charge in [-0.3, -0.25) is 19.7 Å². The smallest absolute Gasteiger partial charge is 0.433 e. The molecule has 0 spiro atoms. The van der Waals surface area contributed by atoms with E-state index in [9.17, 15) is 19.7 Å². The number of ether oxygens (including phenoxy) is 1. The van der Waals surface area contributed by atoms with Gasteiger partial charge in [0.15, 0.2) is 5.76 Å². The number of methoxy groups -OCH3 is 1. The van der Waals surface area contributed by atoms with Gasteiger partial charge in [0.25, 0.3) is 5.91 Å². The lowest BCUT2D eigenvalue weighted by Crippen LogP contribution is -2.54. The Hall–Kier alpha value is -3.07. The molecule has 1 N–H and O–H groups in total. The van der Waals surface area contributed by atoms with Crippen LogP contribution in [0.4, 0.5) is 11.6 Å². The minimum atomic E-state index is -0.721. The number of hydrogen-bond acceptors (Lipinski definition) is 6. The lowest BCUT2D eigenvalue weighted by molar-refractivity contribution is -0.402. The van der Waals surface area contributed by atoms with Crippen molar-refractivity contribution >= 4 is 35.0 Å². The van der Waals surface area contributed by atoms with E-state index in [1.54, 1.807) is 18.2 Å². The van der Waals surface area contributed by atoms with Gasteiger partial charge in [-0.05, 0) is 24.3 Å². The Morgan fingerprint density at radius 3 is 2.69 bits per heavy atom. The van der Waals surface area contributed by atoms with Gasteiger partial charge in [-0.1, -0.05) is 11.6 Å². The van der Waals surface area contributed by atoms with Crippen molar-refractivity contribution in [2.24, 2.45) is 5.92 Å². The predicted molar refractivity (Wildman–Crippen MR) is 91.4 cm³/mol. The topological polar surface area (TPSA) is 115 Å². The number of anilines is 1. The van der Waals surface area contributed by atoms with E-state index in [2.05, 4.69) is 5.32 Å². The maximum Gasteiger partial charge on any atom is 0.433 e. The van der Waals surface area contributed by atoms with Crippen molar-refractivity contribution in [2.75, 3.05) is 25.5 Å². The number of nitrogens with zero attached hydrogens (tertiary/aromatic N) is 2. The molecule has 1 aliphatic heterocycles. The summed E-state index contributed by atoms with van der Waals surface area (Å²) in [6.45, 7) is 0.365. The first kappa shape index (κ1) is 17.7. The number of nitro groups is 1. The Balaban J connectivity index is 1.59. The van der Waals surface area contributed by atoms with E-state index >= 15 is 0 Å². The van der Waals surface area contributed by atoms with Crippen molar-refractivity contribution in [1.82, 2.24) is 4.90 Å². The number of nitrogens with one attached hydrogen (secondary N) is 1. The Labute approximate surface area is 152 Å². The molecule has 0 saturated carbocycles. The normalized spacial score (nSPS) is 13.8.